The number of amides is 1. The van der Waals surface area contributed by atoms with Gasteiger partial charge in [0.05, 0.1) is 24.1 Å². The van der Waals surface area contributed by atoms with Crippen molar-refractivity contribution in [2.75, 3.05) is 12.1 Å². The first-order valence-electron chi connectivity index (χ1n) is 6.68. The Hall–Kier alpha value is -2.64. The lowest BCUT2D eigenvalue weighted by Crippen LogP contribution is -2.30. The van der Waals surface area contributed by atoms with Gasteiger partial charge in [-0.15, -0.1) is 0 Å². The quantitative estimate of drug-likeness (QED) is 0.634. The summed E-state index contributed by atoms with van der Waals surface area (Å²) in [4.78, 5) is 24.0. The van der Waals surface area contributed by atoms with Crippen molar-refractivity contribution >= 4 is 23.3 Å². The third kappa shape index (κ3) is 3.10. The normalized spacial score (nSPS) is 17.2. The van der Waals surface area contributed by atoms with E-state index in [1.165, 1.54) is 12.1 Å². The predicted octanol–water partition coefficient (Wildman–Crippen LogP) is 2.83. The lowest BCUT2D eigenvalue weighted by molar-refractivity contribution is -0.148. The summed E-state index contributed by atoms with van der Waals surface area (Å²) in [6.45, 7) is 1.55. The number of para-hydroxylation sites is 1. The van der Waals surface area contributed by atoms with E-state index in [9.17, 15) is 22.8 Å². The highest BCUT2D eigenvalue weighted by Gasteiger charge is 2.47. The maximum atomic E-state index is 13.2. The van der Waals surface area contributed by atoms with Crippen LogP contribution >= 0.6 is 0 Å². The maximum absolute atomic E-state index is 13.2. The molecule has 0 unspecified atom stereocenters. The zero-order valence-electron chi connectivity index (χ0n) is 12.3. The van der Waals surface area contributed by atoms with E-state index in [0.717, 1.165) is 12.1 Å². The number of halogens is 3. The van der Waals surface area contributed by atoms with Crippen LogP contribution in [-0.4, -0.2) is 30.9 Å². The van der Waals surface area contributed by atoms with E-state index < -0.39 is 29.2 Å². The van der Waals surface area contributed by atoms with Gasteiger partial charge in [0, 0.05) is 0 Å². The molecule has 0 atom stereocenters. The van der Waals surface area contributed by atoms with Crippen LogP contribution in [0, 0.1) is 0 Å². The van der Waals surface area contributed by atoms with Crippen LogP contribution in [0.1, 0.15) is 13.3 Å². The van der Waals surface area contributed by atoms with Crippen LogP contribution in [0.5, 0.6) is 0 Å². The van der Waals surface area contributed by atoms with Gasteiger partial charge in [0.15, 0.2) is 5.57 Å². The number of hydrogen-bond acceptors (Lipinski definition) is 4. The number of hydrazone groups is 1. The smallest absolute Gasteiger partial charge is 0.424 e. The molecule has 1 aliphatic rings. The van der Waals surface area contributed by atoms with Crippen molar-refractivity contribution in [3.8, 4) is 0 Å². The topological polar surface area (TPSA) is 59.0 Å². The molecular weight excluding hydrogens is 313 g/mol. The third-order valence-electron chi connectivity index (χ3n) is 3.17. The maximum Gasteiger partial charge on any atom is 0.424 e. The fourth-order valence-electron chi connectivity index (χ4n) is 2.15. The van der Waals surface area contributed by atoms with E-state index in [2.05, 4.69) is 9.84 Å². The van der Waals surface area contributed by atoms with Gasteiger partial charge in [0.25, 0.3) is 5.91 Å². The van der Waals surface area contributed by atoms with E-state index >= 15 is 0 Å². The van der Waals surface area contributed by atoms with Gasteiger partial charge in [-0.1, -0.05) is 25.1 Å². The number of benzene rings is 1. The van der Waals surface area contributed by atoms with Gasteiger partial charge in [-0.3, -0.25) is 4.79 Å². The van der Waals surface area contributed by atoms with Crippen LogP contribution in [0.4, 0.5) is 18.9 Å². The fourth-order valence-corrected chi connectivity index (χ4v) is 2.15. The van der Waals surface area contributed by atoms with Gasteiger partial charge in [0.2, 0.25) is 0 Å². The Bertz CT molecular complexity index is 694. The van der Waals surface area contributed by atoms with Crippen molar-refractivity contribution in [2.45, 2.75) is 19.5 Å². The summed E-state index contributed by atoms with van der Waals surface area (Å²) < 4.78 is 43.9. The second-order valence-corrected chi connectivity index (χ2v) is 4.59. The molecule has 122 valence electrons. The molecule has 1 heterocycles. The number of nitrogens with zero attached hydrogens (tertiary/aromatic N) is 2. The molecule has 8 heteroatoms. The summed E-state index contributed by atoms with van der Waals surface area (Å²) in [6, 6.07) is 8.00. The molecule has 1 aromatic carbocycles. The van der Waals surface area contributed by atoms with Crippen molar-refractivity contribution in [1.29, 1.82) is 0 Å². The largest absolute Gasteiger partial charge is 0.465 e. The predicted molar refractivity (Wildman–Crippen MR) is 76.8 cm³/mol. The Morgan fingerprint density at radius 2 is 1.87 bits per heavy atom. The first-order valence-corrected chi connectivity index (χ1v) is 6.68. The number of rotatable bonds is 3. The monoisotopic (exact) mass is 326 g/mol. The third-order valence-corrected chi connectivity index (χ3v) is 3.17. The second-order valence-electron chi connectivity index (χ2n) is 4.59. The molecule has 1 aliphatic heterocycles. The molecule has 0 N–H and O–H groups in total. The summed E-state index contributed by atoms with van der Waals surface area (Å²) in [5.41, 5.74) is -2.21. The molecule has 1 amide bonds. The summed E-state index contributed by atoms with van der Waals surface area (Å²) in [7, 11) is 0.825. The van der Waals surface area contributed by atoms with Crippen molar-refractivity contribution in [3.63, 3.8) is 0 Å². The molecule has 0 spiro atoms. The molecule has 23 heavy (non-hydrogen) atoms. The van der Waals surface area contributed by atoms with Gasteiger partial charge in [0.1, 0.15) is 0 Å². The van der Waals surface area contributed by atoms with Gasteiger partial charge in [-0.05, 0) is 18.6 Å². The number of carbonyl (C=O) groups excluding carboxylic acids is 2. The SMILES string of the molecule is CCC1=NN(c2ccccc2)C(=O)/C1=C(/C(=O)OC)C(F)(F)F. The van der Waals surface area contributed by atoms with Crippen molar-refractivity contribution < 1.29 is 27.5 Å². The highest BCUT2D eigenvalue weighted by atomic mass is 19.4. The minimum atomic E-state index is -5.03. The van der Waals surface area contributed by atoms with E-state index in [1.807, 2.05) is 0 Å². The number of esters is 1. The van der Waals surface area contributed by atoms with Crippen LogP contribution < -0.4 is 5.01 Å². The molecule has 0 aromatic heterocycles. The zero-order valence-corrected chi connectivity index (χ0v) is 12.3. The Morgan fingerprint density at radius 1 is 1.26 bits per heavy atom. The van der Waals surface area contributed by atoms with Gasteiger partial charge >= 0.3 is 12.1 Å². The minimum absolute atomic E-state index is 0.0565. The molecule has 0 radical (unpaired) electrons. The number of methoxy groups -OCH3 is 1. The molecule has 5 nitrogen and oxygen atoms in total. The van der Waals surface area contributed by atoms with E-state index in [0.29, 0.717) is 5.69 Å². The van der Waals surface area contributed by atoms with Crippen LogP contribution in [-0.2, 0) is 14.3 Å². The zero-order chi connectivity index (χ0) is 17.2. The van der Waals surface area contributed by atoms with E-state index in [4.69, 9.17) is 0 Å². The standard InChI is InChI=1S/C15H13F3N2O3/c1-3-10-11(12(14(22)23-2)15(16,17)18)13(21)20(19-10)9-7-5-4-6-8-9/h4-8H,3H2,1-2H3/b12-11-. The molecule has 0 saturated heterocycles. The number of anilines is 1. The van der Waals surface area contributed by atoms with Crippen molar-refractivity contribution in [3.05, 3.63) is 41.5 Å². The fraction of sp³-hybridized carbons (Fsp3) is 0.267. The summed E-state index contributed by atoms with van der Waals surface area (Å²) in [5, 5.41) is 4.78. The first kappa shape index (κ1) is 16.7. The van der Waals surface area contributed by atoms with Crippen LogP contribution in [0.15, 0.2) is 46.6 Å². The summed E-state index contributed by atoms with van der Waals surface area (Å²) in [5.74, 6) is -2.62. The van der Waals surface area contributed by atoms with E-state index in [-0.39, 0.29) is 12.1 Å². The molecule has 0 fully saturated rings. The van der Waals surface area contributed by atoms with Crippen LogP contribution in [0.2, 0.25) is 0 Å². The molecular formula is C15H13F3N2O3. The number of ether oxygens (including phenoxy) is 1. The molecule has 1 aromatic rings. The molecule has 0 saturated carbocycles. The average molecular weight is 326 g/mol. The Morgan fingerprint density at radius 3 is 2.35 bits per heavy atom. The molecule has 0 bridgehead atoms. The van der Waals surface area contributed by atoms with Crippen LogP contribution in [0.3, 0.4) is 0 Å². The Kier molecular flexibility index (Phi) is 4.53. The molecule has 0 aliphatic carbocycles. The highest BCUT2D eigenvalue weighted by Crippen LogP contribution is 2.34. The van der Waals surface area contributed by atoms with Crippen molar-refractivity contribution in [1.82, 2.24) is 0 Å². The molecule has 2 rings (SSSR count). The second kappa shape index (κ2) is 6.23. The summed E-state index contributed by atoms with van der Waals surface area (Å²) in [6.07, 6.45) is -4.97. The first-order chi connectivity index (χ1) is 10.8. The number of hydrogen-bond donors (Lipinski definition) is 0. The van der Waals surface area contributed by atoms with Gasteiger partial charge in [-0.25, -0.2) is 4.79 Å². The lowest BCUT2D eigenvalue weighted by atomic mass is 10.0. The summed E-state index contributed by atoms with van der Waals surface area (Å²) >= 11 is 0. The average Bonchev–Trinajstić information content (AvgIpc) is 2.84. The Labute approximate surface area is 130 Å². The van der Waals surface area contributed by atoms with Gasteiger partial charge < -0.3 is 4.74 Å². The number of alkyl halides is 3. The van der Waals surface area contributed by atoms with Crippen molar-refractivity contribution in [2.24, 2.45) is 5.10 Å². The van der Waals surface area contributed by atoms with E-state index in [1.54, 1.807) is 25.1 Å². The van der Waals surface area contributed by atoms with Crippen LogP contribution in [0.25, 0.3) is 0 Å². The Balaban J connectivity index is 2.62. The van der Waals surface area contributed by atoms with Gasteiger partial charge in [-0.2, -0.15) is 23.3 Å². The highest BCUT2D eigenvalue weighted by molar-refractivity contribution is 6.33. The number of carbonyl (C=O) groups is 2. The lowest BCUT2D eigenvalue weighted by Gasteiger charge is -2.14. The minimum Gasteiger partial charge on any atom is -0.465 e.